The zero-order valence-electron chi connectivity index (χ0n) is 13.4. The van der Waals surface area contributed by atoms with Crippen LogP contribution in [-0.4, -0.2) is 20.7 Å². The summed E-state index contributed by atoms with van der Waals surface area (Å²) in [6.07, 6.45) is 6.82. The average molecular weight is 338 g/mol. The van der Waals surface area contributed by atoms with Crippen LogP contribution in [0.25, 0.3) is 10.6 Å². The lowest BCUT2D eigenvalue weighted by molar-refractivity contribution is 0.0928. The number of hydrogen-bond donors (Lipinski definition) is 1. The summed E-state index contributed by atoms with van der Waals surface area (Å²) >= 11 is 1.47. The van der Waals surface area contributed by atoms with Gasteiger partial charge in [-0.3, -0.25) is 9.48 Å². The summed E-state index contributed by atoms with van der Waals surface area (Å²) in [5, 5.41) is 9.92. The first kappa shape index (κ1) is 15.1. The number of hydrogen-bond acceptors (Lipinski definition) is 4. The van der Waals surface area contributed by atoms with Crippen LogP contribution >= 0.6 is 11.3 Å². The molecule has 24 heavy (non-hydrogen) atoms. The Kier molecular flexibility index (Phi) is 3.90. The third-order valence-electron chi connectivity index (χ3n) is 4.36. The number of nitrogens with one attached hydrogen (secondary N) is 1. The number of amides is 1. The highest BCUT2D eigenvalue weighted by Crippen LogP contribution is 2.30. The van der Waals surface area contributed by atoms with Gasteiger partial charge in [0.05, 0.1) is 12.2 Å². The van der Waals surface area contributed by atoms with Gasteiger partial charge in [0.2, 0.25) is 0 Å². The molecular formula is C18H18N4OS. The van der Waals surface area contributed by atoms with Crippen LogP contribution in [-0.2, 0) is 13.5 Å². The standard InChI is InChI=1S/C18H18N4OS/c1-22-10-13(9-19-22)18-21-16(11-24-18)17(23)20-15-8-4-6-12-5-2-3-7-14(12)15/h2-3,5,7,9-11,15H,4,6,8H2,1H3,(H,20,23)/t15-/m1/s1. The maximum absolute atomic E-state index is 12.6. The van der Waals surface area contributed by atoms with Crippen LogP contribution in [0.15, 0.2) is 42.0 Å². The fourth-order valence-corrected chi connectivity index (χ4v) is 3.95. The van der Waals surface area contributed by atoms with E-state index in [0.29, 0.717) is 5.69 Å². The highest BCUT2D eigenvalue weighted by atomic mass is 32.1. The van der Waals surface area contributed by atoms with Gasteiger partial charge in [0.25, 0.3) is 5.91 Å². The van der Waals surface area contributed by atoms with Crippen molar-refractivity contribution in [1.82, 2.24) is 20.1 Å². The molecule has 3 aromatic rings. The number of thiazole rings is 1. The fraction of sp³-hybridized carbons (Fsp3) is 0.278. The van der Waals surface area contributed by atoms with Gasteiger partial charge in [0.15, 0.2) is 0 Å². The number of carbonyl (C=O) groups is 1. The van der Waals surface area contributed by atoms with E-state index in [1.165, 1.54) is 22.5 Å². The van der Waals surface area contributed by atoms with Crippen LogP contribution < -0.4 is 5.32 Å². The molecule has 0 unspecified atom stereocenters. The molecule has 1 aliphatic carbocycles. The summed E-state index contributed by atoms with van der Waals surface area (Å²) in [7, 11) is 1.87. The number of carbonyl (C=O) groups excluding carboxylic acids is 1. The van der Waals surface area contributed by atoms with Crippen molar-refractivity contribution in [3.8, 4) is 10.6 Å². The summed E-state index contributed by atoms with van der Waals surface area (Å²) < 4.78 is 1.73. The van der Waals surface area contributed by atoms with Gasteiger partial charge in [0.1, 0.15) is 10.7 Å². The Labute approximate surface area is 144 Å². The molecule has 1 N–H and O–H groups in total. The normalized spacial score (nSPS) is 16.6. The van der Waals surface area contributed by atoms with E-state index >= 15 is 0 Å². The van der Waals surface area contributed by atoms with Gasteiger partial charge >= 0.3 is 0 Å². The largest absolute Gasteiger partial charge is 0.344 e. The Hall–Kier alpha value is -2.47. The molecular weight excluding hydrogens is 320 g/mol. The van der Waals surface area contributed by atoms with Gasteiger partial charge in [-0.05, 0) is 30.4 Å². The number of aromatic nitrogens is 3. The van der Waals surface area contributed by atoms with Crippen molar-refractivity contribution in [3.05, 3.63) is 58.9 Å². The summed E-state index contributed by atoms with van der Waals surface area (Å²) in [6, 6.07) is 8.43. The minimum Gasteiger partial charge on any atom is -0.344 e. The fourth-order valence-electron chi connectivity index (χ4n) is 3.18. The van der Waals surface area contributed by atoms with Crippen molar-refractivity contribution in [2.24, 2.45) is 7.05 Å². The highest BCUT2D eigenvalue weighted by Gasteiger charge is 2.23. The Balaban J connectivity index is 1.52. The number of rotatable bonds is 3. The first-order valence-corrected chi connectivity index (χ1v) is 8.92. The summed E-state index contributed by atoms with van der Waals surface area (Å²) in [6.45, 7) is 0. The summed E-state index contributed by atoms with van der Waals surface area (Å²) in [4.78, 5) is 17.1. The van der Waals surface area contributed by atoms with Crippen LogP contribution in [0.3, 0.4) is 0 Å². The van der Waals surface area contributed by atoms with Crippen LogP contribution in [0.4, 0.5) is 0 Å². The lowest BCUT2D eigenvalue weighted by Crippen LogP contribution is -2.31. The molecule has 5 nitrogen and oxygen atoms in total. The maximum Gasteiger partial charge on any atom is 0.271 e. The van der Waals surface area contributed by atoms with Gasteiger partial charge in [-0.15, -0.1) is 11.3 Å². The van der Waals surface area contributed by atoms with Gasteiger partial charge in [-0.25, -0.2) is 4.98 Å². The zero-order chi connectivity index (χ0) is 16.5. The van der Waals surface area contributed by atoms with Crippen LogP contribution in [0.2, 0.25) is 0 Å². The molecule has 122 valence electrons. The molecule has 0 radical (unpaired) electrons. The molecule has 1 amide bonds. The van der Waals surface area contributed by atoms with E-state index in [-0.39, 0.29) is 11.9 Å². The van der Waals surface area contributed by atoms with Gasteiger partial charge in [0, 0.05) is 24.2 Å². The van der Waals surface area contributed by atoms with Crippen molar-refractivity contribution < 1.29 is 4.79 Å². The predicted molar refractivity (Wildman–Crippen MR) is 93.9 cm³/mol. The van der Waals surface area contributed by atoms with Crippen LogP contribution in [0.1, 0.15) is 40.5 Å². The Morgan fingerprint density at radius 1 is 1.38 bits per heavy atom. The number of aryl methyl sites for hydroxylation is 2. The van der Waals surface area contributed by atoms with Crippen molar-refractivity contribution in [3.63, 3.8) is 0 Å². The van der Waals surface area contributed by atoms with Crippen molar-refractivity contribution >= 4 is 17.2 Å². The summed E-state index contributed by atoms with van der Waals surface area (Å²) in [5.41, 5.74) is 3.98. The lowest BCUT2D eigenvalue weighted by Gasteiger charge is -2.26. The second-order valence-corrected chi connectivity index (χ2v) is 6.92. The first-order chi connectivity index (χ1) is 11.7. The second-order valence-electron chi connectivity index (χ2n) is 6.06. The van der Waals surface area contributed by atoms with E-state index in [0.717, 1.165) is 29.8 Å². The summed E-state index contributed by atoms with van der Waals surface area (Å²) in [5.74, 6) is -0.108. The topological polar surface area (TPSA) is 59.8 Å². The third-order valence-corrected chi connectivity index (χ3v) is 5.25. The minimum atomic E-state index is -0.108. The Morgan fingerprint density at radius 2 is 2.25 bits per heavy atom. The molecule has 0 saturated carbocycles. The smallest absolute Gasteiger partial charge is 0.271 e. The SMILES string of the molecule is Cn1cc(-c2nc(C(=O)N[C@@H]3CCCc4ccccc43)cs2)cn1. The van der Waals surface area contributed by atoms with Crippen LogP contribution in [0, 0.1) is 0 Å². The molecule has 0 bridgehead atoms. The zero-order valence-corrected chi connectivity index (χ0v) is 14.2. The molecule has 0 aliphatic heterocycles. The molecule has 4 rings (SSSR count). The number of nitrogens with zero attached hydrogens (tertiary/aromatic N) is 3. The Bertz CT molecular complexity index is 883. The molecule has 2 heterocycles. The Morgan fingerprint density at radius 3 is 3.08 bits per heavy atom. The van der Waals surface area contributed by atoms with E-state index < -0.39 is 0 Å². The van der Waals surface area contributed by atoms with Gasteiger partial charge in [-0.2, -0.15) is 5.10 Å². The predicted octanol–water partition coefficient (Wildman–Crippen LogP) is 3.35. The van der Waals surface area contributed by atoms with E-state index in [1.807, 2.05) is 24.7 Å². The van der Waals surface area contributed by atoms with E-state index in [1.54, 1.807) is 10.9 Å². The molecule has 0 spiro atoms. The quantitative estimate of drug-likeness (QED) is 0.797. The number of benzene rings is 1. The van der Waals surface area contributed by atoms with Gasteiger partial charge < -0.3 is 5.32 Å². The molecule has 0 fully saturated rings. The van der Waals surface area contributed by atoms with Crippen molar-refractivity contribution in [1.29, 1.82) is 0 Å². The number of fused-ring (bicyclic) bond motifs is 1. The van der Waals surface area contributed by atoms with Gasteiger partial charge in [-0.1, -0.05) is 24.3 Å². The van der Waals surface area contributed by atoms with E-state index in [2.05, 4.69) is 33.6 Å². The highest BCUT2D eigenvalue weighted by molar-refractivity contribution is 7.13. The molecule has 2 aromatic heterocycles. The van der Waals surface area contributed by atoms with Crippen molar-refractivity contribution in [2.75, 3.05) is 0 Å². The molecule has 1 aliphatic rings. The second kappa shape index (κ2) is 6.20. The first-order valence-electron chi connectivity index (χ1n) is 8.04. The lowest BCUT2D eigenvalue weighted by atomic mass is 9.88. The van der Waals surface area contributed by atoms with E-state index in [9.17, 15) is 4.79 Å². The molecule has 1 aromatic carbocycles. The monoisotopic (exact) mass is 338 g/mol. The molecule has 6 heteroatoms. The third kappa shape index (κ3) is 2.85. The average Bonchev–Trinajstić information content (AvgIpc) is 3.24. The molecule has 0 saturated heterocycles. The van der Waals surface area contributed by atoms with Crippen molar-refractivity contribution in [2.45, 2.75) is 25.3 Å². The minimum absolute atomic E-state index is 0.0750. The van der Waals surface area contributed by atoms with E-state index in [4.69, 9.17) is 0 Å². The van der Waals surface area contributed by atoms with Crippen LogP contribution in [0.5, 0.6) is 0 Å². The molecule has 1 atom stereocenters. The maximum atomic E-state index is 12.6.